The van der Waals surface area contributed by atoms with Crippen LogP contribution in [0, 0.1) is 0 Å². The molecule has 2 aromatic rings. The number of rotatable bonds is 10. The number of aromatic nitrogens is 3. The second-order valence-electron chi connectivity index (χ2n) is 6.42. The lowest BCUT2D eigenvalue weighted by atomic mass is 10.1. The average Bonchev–Trinajstić information content (AvgIpc) is 3.06. The number of anilines is 1. The van der Waals surface area contributed by atoms with E-state index in [4.69, 9.17) is 0 Å². The van der Waals surface area contributed by atoms with Crippen LogP contribution in [0.1, 0.15) is 56.0 Å². The molecule has 154 valence electrons. The van der Waals surface area contributed by atoms with Crippen molar-refractivity contribution in [1.82, 2.24) is 14.8 Å². The van der Waals surface area contributed by atoms with Crippen molar-refractivity contribution in [2.24, 2.45) is 0 Å². The molecule has 0 bridgehead atoms. The van der Waals surface area contributed by atoms with Gasteiger partial charge in [-0.1, -0.05) is 50.4 Å². The van der Waals surface area contributed by atoms with Crippen molar-refractivity contribution < 1.29 is 18.0 Å². The predicted molar refractivity (Wildman–Crippen MR) is 101 cm³/mol. The molecule has 0 aliphatic heterocycles. The van der Waals surface area contributed by atoms with Gasteiger partial charge in [0.25, 0.3) is 5.56 Å². The molecule has 0 saturated carbocycles. The first-order valence-corrected chi connectivity index (χ1v) is 10.0. The summed E-state index contributed by atoms with van der Waals surface area (Å²) in [6.07, 6.45) is 4.10. The minimum absolute atomic E-state index is 0.269. The number of pyridine rings is 1. The molecule has 2 rings (SSSR count). The first kappa shape index (κ1) is 22.1. The number of carbonyl (C=O) groups is 1. The molecule has 0 aliphatic rings. The van der Waals surface area contributed by atoms with E-state index in [0.29, 0.717) is 6.07 Å². The maximum Gasteiger partial charge on any atom is 0.421 e. The van der Waals surface area contributed by atoms with Gasteiger partial charge in [-0.2, -0.15) is 13.2 Å². The van der Waals surface area contributed by atoms with Gasteiger partial charge < -0.3 is 4.57 Å². The summed E-state index contributed by atoms with van der Waals surface area (Å²) in [6, 6.07) is 1.77. The van der Waals surface area contributed by atoms with Gasteiger partial charge in [0.15, 0.2) is 0 Å². The van der Waals surface area contributed by atoms with Crippen molar-refractivity contribution in [1.29, 1.82) is 0 Å². The number of alkyl halides is 3. The highest BCUT2D eigenvalue weighted by Crippen LogP contribution is 2.26. The molecular weight excluding hydrogens is 393 g/mol. The van der Waals surface area contributed by atoms with Crippen molar-refractivity contribution in [2.75, 3.05) is 5.32 Å². The summed E-state index contributed by atoms with van der Waals surface area (Å²) in [7, 11) is 0. The van der Waals surface area contributed by atoms with Crippen molar-refractivity contribution in [3.63, 3.8) is 0 Å². The van der Waals surface area contributed by atoms with Crippen molar-refractivity contribution in [3.8, 4) is 0 Å². The number of amides is 1. The zero-order chi connectivity index (χ0) is 20.6. The maximum atomic E-state index is 12.8. The Kier molecular flexibility index (Phi) is 8.16. The first-order chi connectivity index (χ1) is 13.3. The molecule has 0 fully saturated rings. The SMILES string of the molecule is CCCCCCCCc1nnc(NC(=O)Cn2cccc(C(F)(F)F)c2=O)s1. The fourth-order valence-corrected chi connectivity index (χ4v) is 3.45. The summed E-state index contributed by atoms with van der Waals surface area (Å²) in [5.41, 5.74) is -2.56. The monoisotopic (exact) mass is 416 g/mol. The molecule has 1 N–H and O–H groups in total. The minimum Gasteiger partial charge on any atom is -0.306 e. The molecule has 0 unspecified atom stereocenters. The Hall–Kier alpha value is -2.23. The summed E-state index contributed by atoms with van der Waals surface area (Å²) < 4.78 is 39.0. The maximum absolute atomic E-state index is 12.8. The minimum atomic E-state index is -4.76. The summed E-state index contributed by atoms with van der Waals surface area (Å²) in [4.78, 5) is 23.9. The van der Waals surface area contributed by atoms with Gasteiger partial charge in [0.2, 0.25) is 11.0 Å². The molecule has 1 amide bonds. The Morgan fingerprint density at radius 2 is 1.89 bits per heavy atom. The molecule has 10 heteroatoms. The molecule has 0 saturated heterocycles. The van der Waals surface area contributed by atoms with Crippen LogP contribution in [0.4, 0.5) is 18.3 Å². The van der Waals surface area contributed by atoms with Gasteiger partial charge in [-0.05, 0) is 18.6 Å². The molecule has 28 heavy (non-hydrogen) atoms. The summed E-state index contributed by atoms with van der Waals surface area (Å²) in [6.45, 7) is 1.63. The largest absolute Gasteiger partial charge is 0.421 e. The molecule has 0 aliphatic carbocycles. The van der Waals surface area contributed by atoms with E-state index in [2.05, 4.69) is 22.4 Å². The summed E-state index contributed by atoms with van der Waals surface area (Å²) in [5.74, 6) is -0.635. The van der Waals surface area contributed by atoms with E-state index in [1.165, 1.54) is 37.0 Å². The number of aryl methyl sites for hydroxylation is 1. The molecule has 2 aromatic heterocycles. The van der Waals surface area contributed by atoms with Crippen molar-refractivity contribution in [2.45, 2.75) is 64.6 Å². The van der Waals surface area contributed by atoms with Crippen LogP contribution in [0.3, 0.4) is 0 Å². The lowest BCUT2D eigenvalue weighted by Gasteiger charge is -2.09. The predicted octanol–water partition coefficient (Wildman–Crippen LogP) is 4.26. The van der Waals surface area contributed by atoms with Crippen molar-refractivity contribution >= 4 is 22.4 Å². The van der Waals surface area contributed by atoms with E-state index >= 15 is 0 Å². The Morgan fingerprint density at radius 1 is 1.18 bits per heavy atom. The number of halogens is 3. The van der Waals surface area contributed by atoms with Gasteiger partial charge in [0, 0.05) is 12.6 Å². The van der Waals surface area contributed by atoms with Crippen LogP contribution >= 0.6 is 11.3 Å². The zero-order valence-corrected chi connectivity index (χ0v) is 16.4. The molecule has 0 aromatic carbocycles. The van der Waals surface area contributed by atoms with E-state index in [1.807, 2.05) is 0 Å². The quantitative estimate of drug-likeness (QED) is 0.587. The van der Waals surface area contributed by atoms with Gasteiger partial charge in [0.05, 0.1) is 0 Å². The Labute approximate surface area is 164 Å². The van der Waals surface area contributed by atoms with Gasteiger partial charge in [-0.3, -0.25) is 14.9 Å². The molecule has 0 atom stereocenters. The van der Waals surface area contributed by atoms with Gasteiger partial charge in [-0.15, -0.1) is 10.2 Å². The third-order valence-corrected chi connectivity index (χ3v) is 5.00. The fraction of sp³-hybridized carbons (Fsp3) is 0.556. The van der Waals surface area contributed by atoms with Crippen LogP contribution in [0.2, 0.25) is 0 Å². The molecule has 0 radical (unpaired) electrons. The molecule has 0 spiro atoms. The summed E-state index contributed by atoms with van der Waals surface area (Å²) in [5, 5.41) is 11.4. The third kappa shape index (κ3) is 6.74. The van der Waals surface area contributed by atoms with E-state index in [1.54, 1.807) is 0 Å². The first-order valence-electron chi connectivity index (χ1n) is 9.20. The van der Waals surface area contributed by atoms with Crippen LogP contribution in [0.15, 0.2) is 23.1 Å². The second kappa shape index (κ2) is 10.4. The number of unbranched alkanes of at least 4 members (excludes halogenated alkanes) is 5. The Bertz CT molecular complexity index is 833. The smallest absolute Gasteiger partial charge is 0.306 e. The number of hydrogen-bond acceptors (Lipinski definition) is 5. The summed E-state index contributed by atoms with van der Waals surface area (Å²) >= 11 is 1.23. The lowest BCUT2D eigenvalue weighted by Crippen LogP contribution is -2.31. The van der Waals surface area contributed by atoms with Crippen LogP contribution < -0.4 is 10.9 Å². The van der Waals surface area contributed by atoms with Crippen LogP contribution in [0.5, 0.6) is 0 Å². The zero-order valence-electron chi connectivity index (χ0n) is 15.6. The topological polar surface area (TPSA) is 76.9 Å². The average molecular weight is 416 g/mol. The van der Waals surface area contributed by atoms with Crippen LogP contribution in [-0.4, -0.2) is 20.7 Å². The van der Waals surface area contributed by atoms with E-state index in [0.717, 1.165) is 41.1 Å². The highest BCUT2D eigenvalue weighted by molar-refractivity contribution is 7.15. The lowest BCUT2D eigenvalue weighted by molar-refractivity contribution is -0.139. The number of carbonyl (C=O) groups excluding carboxylic acids is 1. The number of nitrogens with zero attached hydrogens (tertiary/aromatic N) is 3. The fourth-order valence-electron chi connectivity index (χ4n) is 2.65. The third-order valence-electron chi connectivity index (χ3n) is 4.10. The number of hydrogen-bond donors (Lipinski definition) is 1. The molecule has 6 nitrogen and oxygen atoms in total. The molecular formula is C18H23F3N4O2S. The Balaban J connectivity index is 1.86. The Morgan fingerprint density at radius 3 is 2.61 bits per heavy atom. The van der Waals surface area contributed by atoms with E-state index in [-0.39, 0.29) is 5.13 Å². The normalized spacial score (nSPS) is 11.6. The van der Waals surface area contributed by atoms with Gasteiger partial charge >= 0.3 is 6.18 Å². The standard InChI is InChI=1S/C18H23F3N4O2S/c1-2-3-4-5-6-7-10-15-23-24-17(28-15)22-14(26)12-25-11-8-9-13(16(25)27)18(19,20)21/h8-9,11H,2-7,10,12H2,1H3,(H,22,24,26). The van der Waals surface area contributed by atoms with E-state index < -0.39 is 29.8 Å². The van der Waals surface area contributed by atoms with Crippen LogP contribution in [0.25, 0.3) is 0 Å². The highest BCUT2D eigenvalue weighted by atomic mass is 32.1. The van der Waals surface area contributed by atoms with Crippen molar-refractivity contribution in [3.05, 3.63) is 39.3 Å². The highest BCUT2D eigenvalue weighted by Gasteiger charge is 2.34. The van der Waals surface area contributed by atoms with Gasteiger partial charge in [-0.25, -0.2) is 0 Å². The number of nitrogens with one attached hydrogen (secondary N) is 1. The van der Waals surface area contributed by atoms with Gasteiger partial charge in [0.1, 0.15) is 17.1 Å². The second-order valence-corrected chi connectivity index (χ2v) is 7.48. The molecule has 2 heterocycles. The van der Waals surface area contributed by atoms with Crippen LogP contribution in [-0.2, 0) is 23.9 Å². The van der Waals surface area contributed by atoms with E-state index in [9.17, 15) is 22.8 Å².